The molecule has 0 aliphatic carbocycles. The van der Waals surface area contributed by atoms with E-state index in [1.54, 1.807) is 0 Å². The predicted molar refractivity (Wildman–Crippen MR) is 353 cm³/mol. The molecule has 0 aliphatic rings. The standard InChI is InChI=1S/3C7H11N3OS2.2C6H9N3OS2.C5H7N3OS2.C4H5N3OS2/c1-7(2,3)11-4-8-5(12)10-6(13)9-4;1-4(2)3-11-5-8-6(12)10-7(13)9-5;1-2-3-4-11-5-8-6(12)10-7(13)9-5;1-3(2)10-4-7-5(11)9-6(12)8-4;1-2-3-10-4-7-5(11)9-6(12)8-4;1-2-9-3-6-4(10)8-5(11)7-3;1-8-2-5-3(9)7-4(10)6-2/h1-3H3,(H2,8,9,10,12,13);4H,3H2,1-2H3,(H2,8,9,10,12,13);2-4H2,1H3,(H2,8,9,10,12,13);3H,1-2H3,(H2,7,8,9,11,12);2-3H2,1H3,(H2,7,8,9,11,12);2H2,1H3,(H2,6,7,8,10,11);1H3,(H2,5,6,7,9,10). The smallest absolute Gasteiger partial charge is 0.298 e. The predicted octanol–water partition coefficient (Wildman–Crippen LogP) is 13.8. The molecule has 7 aromatic heterocycles. The first-order valence-corrected chi connectivity index (χ1v) is 30.0. The van der Waals surface area contributed by atoms with Crippen LogP contribution >= 0.6 is 171 Å². The molecule has 0 aromatic carbocycles. The summed E-state index contributed by atoms with van der Waals surface area (Å²) in [6.07, 6.45) is 3.06. The molecule has 0 atom stereocenters. The summed E-state index contributed by atoms with van der Waals surface area (Å²) in [7, 11) is 1.49. The second-order valence-corrected chi connectivity index (χ2v) is 22.4. The molecule has 0 spiro atoms. The van der Waals surface area contributed by atoms with Crippen molar-refractivity contribution < 1.29 is 33.2 Å². The van der Waals surface area contributed by atoms with Gasteiger partial charge in [0, 0.05) is 0 Å². The van der Waals surface area contributed by atoms with Crippen molar-refractivity contribution in [3.8, 4) is 42.1 Å². The van der Waals surface area contributed by atoms with Crippen LogP contribution in [-0.2, 0) is 0 Å². The second-order valence-electron chi connectivity index (χ2n) is 16.9. The highest BCUT2D eigenvalue weighted by atomic mass is 32.1. The van der Waals surface area contributed by atoms with Crippen molar-refractivity contribution in [1.82, 2.24) is 105 Å². The first-order valence-electron chi connectivity index (χ1n) is 24.3. The Morgan fingerprint density at radius 3 is 0.976 bits per heavy atom. The maximum atomic E-state index is 5.44. The number of nitrogens with one attached hydrogen (secondary N) is 14. The molecule has 462 valence electrons. The first kappa shape index (κ1) is 76.8. The number of hydrogen-bond donors (Lipinski definition) is 14. The molecule has 7 heterocycles. The molecule has 0 unspecified atom stereocenters. The topological polar surface area (TPSA) is 376 Å². The molecule has 0 aliphatic heterocycles. The summed E-state index contributed by atoms with van der Waals surface area (Å²) in [5.74, 6) is 0.446. The van der Waals surface area contributed by atoms with Crippen LogP contribution in [0.15, 0.2) is 0 Å². The molecule has 0 fully saturated rings. The lowest BCUT2D eigenvalue weighted by atomic mass is 10.2. The SMILES string of the molecule is CC(C)(C)Oc1nc(=S)[nH]c(=S)[nH]1.CC(C)COc1nc(=S)[nH]c(=S)[nH]1.CC(C)Oc1nc(=S)[nH]c(=S)[nH]1.CCCCOc1nc(=S)[nH]c(=S)[nH]1.CCCOc1nc(=S)[nH]c(=S)[nH]1.CCOc1nc(=S)[nH]c(=S)[nH]1.COc1nc(=S)[nH]c(=S)[nH]1. The van der Waals surface area contributed by atoms with Crippen molar-refractivity contribution in [1.29, 1.82) is 0 Å². The van der Waals surface area contributed by atoms with E-state index in [1.807, 2.05) is 48.5 Å². The molecular formula is C42H63N21O7S14. The monoisotopic (exact) mass is 1420 g/mol. The van der Waals surface area contributed by atoms with E-state index in [-0.39, 0.29) is 11.7 Å². The van der Waals surface area contributed by atoms with Gasteiger partial charge in [-0.25, -0.2) is 0 Å². The van der Waals surface area contributed by atoms with Crippen molar-refractivity contribution >= 4 is 171 Å². The van der Waals surface area contributed by atoms with Gasteiger partial charge in [0.05, 0.1) is 39.6 Å². The largest absolute Gasteiger partial charge is 0.468 e. The maximum absolute atomic E-state index is 5.44. The number of methoxy groups -OCH3 is 1. The van der Waals surface area contributed by atoms with Crippen LogP contribution in [0, 0.1) is 72.7 Å². The summed E-state index contributed by atoms with van der Waals surface area (Å²) in [5, 5.41) is 0. The van der Waals surface area contributed by atoms with Crippen LogP contribution in [-0.4, -0.2) is 150 Å². The lowest BCUT2D eigenvalue weighted by Crippen LogP contribution is -2.24. The van der Waals surface area contributed by atoms with E-state index in [0.717, 1.165) is 19.3 Å². The van der Waals surface area contributed by atoms with Gasteiger partial charge >= 0.3 is 0 Å². The summed E-state index contributed by atoms with van der Waals surface area (Å²) in [5.41, 5.74) is -0.311. The van der Waals surface area contributed by atoms with Gasteiger partial charge in [-0.15, -0.1) is 0 Å². The summed E-state index contributed by atoms with van der Waals surface area (Å²) in [6, 6.07) is 2.55. The molecule has 7 rings (SSSR count). The molecule has 0 bridgehead atoms. The molecule has 7 aromatic rings. The fraction of sp³-hybridized carbons (Fsp3) is 0.500. The van der Waals surface area contributed by atoms with E-state index in [9.17, 15) is 0 Å². The number of ether oxygens (including phenoxy) is 7. The van der Waals surface area contributed by atoms with Gasteiger partial charge in [-0.2, -0.15) is 34.9 Å². The Morgan fingerprint density at radius 2 is 0.667 bits per heavy atom. The second kappa shape index (κ2) is 41.7. The van der Waals surface area contributed by atoms with Gasteiger partial charge in [0.2, 0.25) is 33.4 Å². The van der Waals surface area contributed by atoms with Crippen LogP contribution < -0.4 is 33.2 Å². The maximum Gasteiger partial charge on any atom is 0.298 e. The van der Waals surface area contributed by atoms with Crippen molar-refractivity contribution in [3.05, 3.63) is 66.8 Å². The van der Waals surface area contributed by atoms with Gasteiger partial charge in [-0.05, 0) is 231 Å². The van der Waals surface area contributed by atoms with Gasteiger partial charge in [-0.1, -0.05) is 34.1 Å². The van der Waals surface area contributed by atoms with Gasteiger partial charge in [0.25, 0.3) is 42.1 Å². The molecule has 0 amide bonds. The zero-order valence-electron chi connectivity index (χ0n) is 46.8. The van der Waals surface area contributed by atoms with Crippen LogP contribution in [0.25, 0.3) is 0 Å². The Hall–Kier alpha value is -5.25. The van der Waals surface area contributed by atoms with E-state index in [0.29, 0.717) is 141 Å². The van der Waals surface area contributed by atoms with E-state index >= 15 is 0 Å². The van der Waals surface area contributed by atoms with Crippen molar-refractivity contribution in [2.75, 3.05) is 33.5 Å². The number of nitrogens with zero attached hydrogens (tertiary/aromatic N) is 7. The van der Waals surface area contributed by atoms with E-state index in [1.165, 1.54) is 7.11 Å². The third-order valence-corrected chi connectivity index (χ3v) is 10.2. The van der Waals surface area contributed by atoms with Gasteiger partial charge in [0.1, 0.15) is 5.60 Å². The van der Waals surface area contributed by atoms with Gasteiger partial charge < -0.3 is 68.0 Å². The molecule has 14 N–H and O–H groups in total. The number of hydrogen-bond acceptors (Lipinski definition) is 28. The minimum absolute atomic E-state index is 0.0555. The van der Waals surface area contributed by atoms with Gasteiger partial charge in [0.15, 0.2) is 33.4 Å². The zero-order valence-corrected chi connectivity index (χ0v) is 58.2. The lowest BCUT2D eigenvalue weighted by molar-refractivity contribution is 0.116. The summed E-state index contributed by atoms with van der Waals surface area (Å²) < 4.78 is 41.6. The summed E-state index contributed by atoms with van der Waals surface area (Å²) in [6.45, 7) is 22.0. The Bertz CT molecular complexity index is 3780. The lowest BCUT2D eigenvalue weighted by Gasteiger charge is -2.19. The van der Waals surface area contributed by atoms with Gasteiger partial charge in [-0.3, -0.25) is 34.9 Å². The number of rotatable bonds is 16. The number of aromatic nitrogens is 21. The van der Waals surface area contributed by atoms with E-state index < -0.39 is 0 Å². The molecule has 28 nitrogen and oxygen atoms in total. The fourth-order valence-electron chi connectivity index (χ4n) is 4.50. The molecule has 84 heavy (non-hydrogen) atoms. The first-order chi connectivity index (χ1) is 39.4. The fourth-order valence-corrected chi connectivity index (χ4v) is 7.53. The normalized spacial score (nSPS) is 10.1. The Balaban J connectivity index is 0.000000491. The van der Waals surface area contributed by atoms with E-state index in [4.69, 9.17) is 204 Å². The van der Waals surface area contributed by atoms with Crippen molar-refractivity contribution in [2.45, 2.75) is 100 Å². The quantitative estimate of drug-likeness (QED) is 0.0316. The third-order valence-electron chi connectivity index (χ3n) is 7.47. The minimum Gasteiger partial charge on any atom is -0.468 e. The summed E-state index contributed by atoms with van der Waals surface area (Å²) >= 11 is 67.5. The number of unbranched alkanes of at least 4 members (excludes halogenated alkanes) is 1. The highest BCUT2D eigenvalue weighted by molar-refractivity contribution is 7.73. The third kappa shape index (κ3) is 38.6. The molecule has 0 saturated heterocycles. The Labute approximate surface area is 552 Å². The van der Waals surface area contributed by atoms with E-state index in [2.05, 4.69) is 125 Å². The minimum atomic E-state index is -0.311. The molecule has 42 heteroatoms. The van der Waals surface area contributed by atoms with Crippen LogP contribution in [0.1, 0.15) is 88.5 Å². The summed E-state index contributed by atoms with van der Waals surface area (Å²) in [4.78, 5) is 65.0. The number of aromatic amines is 14. The Morgan fingerprint density at radius 1 is 0.369 bits per heavy atom. The molecular weight excluding hydrogens is 1360 g/mol. The Kier molecular flexibility index (Phi) is 38.1. The molecule has 0 radical (unpaired) electrons. The van der Waals surface area contributed by atoms with Crippen LogP contribution in [0.2, 0.25) is 0 Å². The van der Waals surface area contributed by atoms with Crippen LogP contribution in [0.3, 0.4) is 0 Å². The number of H-pyrrole nitrogens is 14. The molecule has 0 saturated carbocycles. The highest BCUT2D eigenvalue weighted by Gasteiger charge is 2.13. The average molecular weight is 1420 g/mol. The zero-order chi connectivity index (χ0) is 63.5. The van der Waals surface area contributed by atoms with Crippen LogP contribution in [0.4, 0.5) is 0 Å². The van der Waals surface area contributed by atoms with Crippen molar-refractivity contribution in [3.63, 3.8) is 0 Å². The highest BCUT2D eigenvalue weighted by Crippen LogP contribution is 2.11. The van der Waals surface area contributed by atoms with Crippen molar-refractivity contribution in [2.24, 2.45) is 5.92 Å². The average Bonchev–Trinajstić information content (AvgIpc) is 3.35. The van der Waals surface area contributed by atoms with Crippen LogP contribution in [0.5, 0.6) is 42.1 Å².